The molecule has 1 aliphatic heterocycles. The van der Waals surface area contributed by atoms with E-state index in [9.17, 15) is 19.2 Å². The molecule has 3 N–H and O–H groups in total. The monoisotopic (exact) mass is 413 g/mol. The van der Waals surface area contributed by atoms with Crippen molar-refractivity contribution in [2.75, 3.05) is 27.3 Å². The van der Waals surface area contributed by atoms with Crippen LogP contribution in [0.4, 0.5) is 0 Å². The van der Waals surface area contributed by atoms with E-state index >= 15 is 0 Å². The van der Waals surface area contributed by atoms with Gasteiger partial charge in [-0.05, 0) is 11.8 Å². The van der Waals surface area contributed by atoms with Crippen LogP contribution in [0.1, 0.15) is 40.5 Å². The van der Waals surface area contributed by atoms with Gasteiger partial charge < -0.3 is 25.4 Å². The van der Waals surface area contributed by atoms with E-state index < -0.39 is 35.9 Å². The van der Waals surface area contributed by atoms with Crippen LogP contribution in [0.3, 0.4) is 0 Å². The van der Waals surface area contributed by atoms with Gasteiger partial charge in [0.1, 0.15) is 12.1 Å². The molecule has 29 heavy (non-hydrogen) atoms. The van der Waals surface area contributed by atoms with Gasteiger partial charge in [0, 0.05) is 13.1 Å². The van der Waals surface area contributed by atoms with Gasteiger partial charge in [-0.1, -0.05) is 40.5 Å². The standard InChI is InChI=1S/C20H35N3O6/c1-7-11(3)15(19(26)28-5)22-17(24)13-9-21-10-14(13)18(25)23-16(12(4)8-2)20(27)29-6/h11-16,21H,7-10H2,1-6H3,(H,22,24)(H,23,25)/t11-,12-,13-,14-,15+,16+/m1/s1. The van der Waals surface area contributed by atoms with Crippen LogP contribution in [-0.2, 0) is 28.7 Å². The number of carbonyl (C=O) groups is 4. The third-order valence-electron chi connectivity index (χ3n) is 5.82. The summed E-state index contributed by atoms with van der Waals surface area (Å²) in [5.74, 6) is -3.32. The number of carbonyl (C=O) groups excluding carboxylic acids is 4. The van der Waals surface area contributed by atoms with Crippen molar-refractivity contribution in [2.45, 2.75) is 52.6 Å². The Morgan fingerprint density at radius 2 is 1.17 bits per heavy atom. The lowest BCUT2D eigenvalue weighted by atomic mass is 9.91. The summed E-state index contributed by atoms with van der Waals surface area (Å²) in [6.45, 7) is 8.16. The van der Waals surface area contributed by atoms with Gasteiger partial charge >= 0.3 is 11.9 Å². The van der Waals surface area contributed by atoms with Crippen LogP contribution < -0.4 is 16.0 Å². The lowest BCUT2D eigenvalue weighted by Crippen LogP contribution is -2.52. The van der Waals surface area contributed by atoms with Crippen molar-refractivity contribution in [3.63, 3.8) is 0 Å². The van der Waals surface area contributed by atoms with Crippen LogP contribution in [0.25, 0.3) is 0 Å². The second kappa shape index (κ2) is 11.7. The number of hydrogen-bond donors (Lipinski definition) is 3. The molecule has 166 valence electrons. The van der Waals surface area contributed by atoms with Crippen LogP contribution in [0.2, 0.25) is 0 Å². The van der Waals surface area contributed by atoms with Crippen molar-refractivity contribution in [3.05, 3.63) is 0 Å². The number of methoxy groups -OCH3 is 2. The fourth-order valence-corrected chi connectivity index (χ4v) is 3.34. The zero-order chi connectivity index (χ0) is 22.1. The van der Waals surface area contributed by atoms with Crippen LogP contribution in [0.15, 0.2) is 0 Å². The maximum atomic E-state index is 12.8. The smallest absolute Gasteiger partial charge is 0.328 e. The van der Waals surface area contributed by atoms with Gasteiger partial charge in [-0.25, -0.2) is 9.59 Å². The molecule has 1 rings (SSSR count). The zero-order valence-corrected chi connectivity index (χ0v) is 18.2. The third kappa shape index (κ3) is 6.42. The summed E-state index contributed by atoms with van der Waals surface area (Å²) in [5, 5.41) is 8.53. The average molecular weight is 414 g/mol. The maximum Gasteiger partial charge on any atom is 0.328 e. The minimum atomic E-state index is -0.773. The highest BCUT2D eigenvalue weighted by molar-refractivity contribution is 5.92. The lowest BCUT2D eigenvalue weighted by Gasteiger charge is -2.27. The zero-order valence-electron chi connectivity index (χ0n) is 18.2. The van der Waals surface area contributed by atoms with Gasteiger partial charge in [0.25, 0.3) is 0 Å². The van der Waals surface area contributed by atoms with Gasteiger partial charge in [0.05, 0.1) is 26.1 Å². The molecule has 1 fully saturated rings. The molecule has 6 atom stereocenters. The van der Waals surface area contributed by atoms with E-state index in [1.807, 2.05) is 27.7 Å². The highest BCUT2D eigenvalue weighted by Crippen LogP contribution is 2.20. The Hall–Kier alpha value is -2.16. The number of esters is 2. The third-order valence-corrected chi connectivity index (χ3v) is 5.82. The second-order valence-corrected chi connectivity index (χ2v) is 7.66. The van der Waals surface area contributed by atoms with Crippen molar-refractivity contribution < 1.29 is 28.7 Å². The normalized spacial score (nSPS) is 22.7. The highest BCUT2D eigenvalue weighted by atomic mass is 16.5. The van der Waals surface area contributed by atoms with Gasteiger partial charge in [-0.2, -0.15) is 0 Å². The minimum absolute atomic E-state index is 0.109. The number of nitrogens with one attached hydrogen (secondary N) is 3. The summed E-state index contributed by atoms with van der Waals surface area (Å²) < 4.78 is 9.61. The first kappa shape index (κ1) is 24.9. The maximum absolute atomic E-state index is 12.8. The topological polar surface area (TPSA) is 123 Å². The Balaban J connectivity index is 2.89. The van der Waals surface area contributed by atoms with E-state index in [-0.39, 0.29) is 23.7 Å². The lowest BCUT2D eigenvalue weighted by molar-refractivity contribution is -0.148. The Morgan fingerprint density at radius 3 is 1.45 bits per heavy atom. The van der Waals surface area contributed by atoms with E-state index in [4.69, 9.17) is 9.47 Å². The Labute approximate surface area is 172 Å². The molecular weight excluding hydrogens is 378 g/mol. The van der Waals surface area contributed by atoms with Gasteiger partial charge in [0.2, 0.25) is 11.8 Å². The molecule has 1 aliphatic rings. The molecule has 1 heterocycles. The highest BCUT2D eigenvalue weighted by Gasteiger charge is 2.41. The summed E-state index contributed by atoms with van der Waals surface area (Å²) >= 11 is 0. The molecule has 0 aromatic rings. The van der Waals surface area contributed by atoms with Gasteiger partial charge in [-0.3, -0.25) is 9.59 Å². The second-order valence-electron chi connectivity index (χ2n) is 7.66. The number of ether oxygens (including phenoxy) is 2. The number of hydrogen-bond acceptors (Lipinski definition) is 7. The molecule has 0 bridgehead atoms. The molecule has 0 radical (unpaired) electrons. The molecule has 0 aromatic carbocycles. The SMILES string of the molecule is CC[C@@H](C)[C@H](NC(=O)[C@@H]1CNC[C@H]1C(=O)N[C@H](C(=O)OC)[C@H](C)CC)C(=O)OC. The summed E-state index contributed by atoms with van der Waals surface area (Å²) in [4.78, 5) is 49.8. The summed E-state index contributed by atoms with van der Waals surface area (Å²) in [5.41, 5.74) is 0. The van der Waals surface area contributed by atoms with Crippen LogP contribution in [0.5, 0.6) is 0 Å². The molecule has 9 heteroatoms. The van der Waals surface area contributed by atoms with Crippen molar-refractivity contribution >= 4 is 23.8 Å². The molecule has 0 spiro atoms. The molecule has 1 saturated heterocycles. The predicted molar refractivity (Wildman–Crippen MR) is 107 cm³/mol. The van der Waals surface area contributed by atoms with Crippen molar-refractivity contribution in [2.24, 2.45) is 23.7 Å². The summed E-state index contributed by atoms with van der Waals surface area (Å²) in [6, 6.07) is -1.55. The molecule has 0 saturated carbocycles. The first-order valence-corrected chi connectivity index (χ1v) is 10.2. The quantitative estimate of drug-likeness (QED) is 0.438. The number of amides is 2. The fourth-order valence-electron chi connectivity index (χ4n) is 3.34. The van der Waals surface area contributed by atoms with Crippen LogP contribution >= 0.6 is 0 Å². The first-order chi connectivity index (χ1) is 13.7. The molecule has 2 amide bonds. The van der Waals surface area contributed by atoms with Gasteiger partial charge in [0.15, 0.2) is 0 Å². The van der Waals surface area contributed by atoms with Crippen LogP contribution in [-0.4, -0.2) is 63.1 Å². The predicted octanol–water partition coefficient (Wildman–Crippen LogP) is 0.230. The summed E-state index contributed by atoms with van der Waals surface area (Å²) in [6.07, 6.45) is 1.37. The van der Waals surface area contributed by atoms with Crippen molar-refractivity contribution in [1.29, 1.82) is 0 Å². The fraction of sp³-hybridized carbons (Fsp3) is 0.800. The molecule has 0 aromatic heterocycles. The Kier molecular flexibility index (Phi) is 10.1. The van der Waals surface area contributed by atoms with E-state index in [0.29, 0.717) is 25.9 Å². The summed E-state index contributed by atoms with van der Waals surface area (Å²) in [7, 11) is 2.55. The van der Waals surface area contributed by atoms with Crippen molar-refractivity contribution in [3.8, 4) is 0 Å². The Morgan fingerprint density at radius 1 is 0.828 bits per heavy atom. The largest absolute Gasteiger partial charge is 0.467 e. The average Bonchev–Trinajstić information content (AvgIpc) is 3.23. The molecule has 0 aliphatic carbocycles. The van der Waals surface area contributed by atoms with E-state index in [0.717, 1.165) is 0 Å². The van der Waals surface area contributed by atoms with E-state index in [1.165, 1.54) is 14.2 Å². The van der Waals surface area contributed by atoms with Gasteiger partial charge in [-0.15, -0.1) is 0 Å². The number of rotatable bonds is 10. The minimum Gasteiger partial charge on any atom is -0.467 e. The van der Waals surface area contributed by atoms with Crippen LogP contribution in [0, 0.1) is 23.7 Å². The van der Waals surface area contributed by atoms with E-state index in [1.54, 1.807) is 0 Å². The molecule has 0 unspecified atom stereocenters. The molecule has 9 nitrogen and oxygen atoms in total. The molecular formula is C20H35N3O6. The van der Waals surface area contributed by atoms with Crippen molar-refractivity contribution in [1.82, 2.24) is 16.0 Å². The first-order valence-electron chi connectivity index (χ1n) is 10.2. The van der Waals surface area contributed by atoms with E-state index in [2.05, 4.69) is 16.0 Å². The Bertz CT molecular complexity index is 547.